The maximum Gasteiger partial charge on any atom is 0.253 e. The van der Waals surface area contributed by atoms with Crippen LogP contribution in [0.3, 0.4) is 0 Å². The number of amides is 2. The van der Waals surface area contributed by atoms with E-state index in [0.717, 1.165) is 5.56 Å². The number of carbonyl (C=O) groups is 2. The van der Waals surface area contributed by atoms with Crippen LogP contribution in [0.2, 0.25) is 5.02 Å². The van der Waals surface area contributed by atoms with Crippen molar-refractivity contribution in [3.8, 4) is 0 Å². The van der Waals surface area contributed by atoms with Gasteiger partial charge in [-0.15, -0.1) is 0 Å². The van der Waals surface area contributed by atoms with Gasteiger partial charge < -0.3 is 0 Å². The van der Waals surface area contributed by atoms with Gasteiger partial charge in [0.05, 0.1) is 0 Å². The summed E-state index contributed by atoms with van der Waals surface area (Å²) in [7, 11) is 0. The van der Waals surface area contributed by atoms with Crippen molar-refractivity contribution in [2.24, 2.45) is 0 Å². The van der Waals surface area contributed by atoms with Crippen molar-refractivity contribution in [3.63, 3.8) is 0 Å². The van der Waals surface area contributed by atoms with Gasteiger partial charge in [0.15, 0.2) is 0 Å². The molecule has 0 spiro atoms. The van der Waals surface area contributed by atoms with Gasteiger partial charge in [0, 0.05) is 22.9 Å². The number of hydrogen-bond acceptors (Lipinski definition) is 2. The summed E-state index contributed by atoms with van der Waals surface area (Å²) in [5.74, 6) is -0.896. The quantitative estimate of drug-likeness (QED) is 0.598. The summed E-state index contributed by atoms with van der Waals surface area (Å²) in [5.41, 5.74) is 1.31. The predicted molar refractivity (Wildman–Crippen MR) is 61.1 cm³/mol. The number of halogens is 1. The van der Waals surface area contributed by atoms with E-state index in [-0.39, 0.29) is 18.2 Å². The molecule has 1 fully saturated rings. The average molecular weight is 236 g/mol. The Bertz CT molecular complexity index is 464. The Morgan fingerprint density at radius 2 is 1.88 bits per heavy atom. The third-order valence-corrected chi connectivity index (χ3v) is 2.88. The number of piperidine rings is 1. The molecule has 82 valence electrons. The maximum absolute atomic E-state index is 11.4. The lowest BCUT2D eigenvalue weighted by molar-refractivity contribution is -0.130. The number of imide groups is 1. The van der Waals surface area contributed by atoms with Crippen molar-refractivity contribution in [1.29, 1.82) is 0 Å². The minimum atomic E-state index is -0.392. The molecule has 0 bridgehead atoms. The first-order valence-corrected chi connectivity index (χ1v) is 5.24. The largest absolute Gasteiger partial charge is 0.293 e. The Kier molecular flexibility index (Phi) is 2.79. The van der Waals surface area contributed by atoms with Crippen LogP contribution in [0.4, 0.5) is 0 Å². The molecule has 0 aromatic heterocycles. The van der Waals surface area contributed by atoms with E-state index < -0.39 is 5.91 Å². The summed E-state index contributed by atoms with van der Waals surface area (Å²) in [6, 6.07) is 7.09. The highest BCUT2D eigenvalue weighted by Crippen LogP contribution is 2.30. The Hall–Kier alpha value is -1.61. The first-order chi connectivity index (χ1) is 7.58. The minimum Gasteiger partial charge on any atom is -0.293 e. The van der Waals surface area contributed by atoms with E-state index in [1.807, 2.05) is 12.1 Å². The highest BCUT2D eigenvalue weighted by molar-refractivity contribution is 6.30. The fourth-order valence-electron chi connectivity index (χ4n) is 1.74. The van der Waals surface area contributed by atoms with Gasteiger partial charge in [0.1, 0.15) is 0 Å². The van der Waals surface area contributed by atoms with E-state index in [1.54, 1.807) is 12.1 Å². The van der Waals surface area contributed by atoms with Crippen molar-refractivity contribution in [3.05, 3.63) is 47.0 Å². The molecular formula is C12H10ClNO2. The Morgan fingerprint density at radius 3 is 2.50 bits per heavy atom. The van der Waals surface area contributed by atoms with Gasteiger partial charge in [-0.25, -0.2) is 0 Å². The van der Waals surface area contributed by atoms with Gasteiger partial charge in [0.2, 0.25) is 5.91 Å². The second kappa shape index (κ2) is 4.10. The van der Waals surface area contributed by atoms with Gasteiger partial charge in [0.25, 0.3) is 5.91 Å². The maximum atomic E-state index is 11.4. The molecule has 2 rings (SSSR count). The Labute approximate surface area is 98.1 Å². The first-order valence-electron chi connectivity index (χ1n) is 4.86. The van der Waals surface area contributed by atoms with Crippen LogP contribution >= 0.6 is 11.6 Å². The van der Waals surface area contributed by atoms with Gasteiger partial charge in [-0.1, -0.05) is 30.3 Å². The van der Waals surface area contributed by atoms with E-state index in [2.05, 4.69) is 11.9 Å². The normalized spacial score (nSPS) is 20.8. The van der Waals surface area contributed by atoms with E-state index in [0.29, 0.717) is 10.6 Å². The number of rotatable bonds is 1. The van der Waals surface area contributed by atoms with Gasteiger partial charge in [-0.3, -0.25) is 14.9 Å². The van der Waals surface area contributed by atoms with E-state index in [4.69, 9.17) is 11.6 Å². The lowest BCUT2D eigenvalue weighted by Crippen LogP contribution is -2.39. The van der Waals surface area contributed by atoms with Crippen molar-refractivity contribution in [2.45, 2.75) is 12.3 Å². The molecule has 1 atom stereocenters. The van der Waals surface area contributed by atoms with Gasteiger partial charge >= 0.3 is 0 Å². The van der Waals surface area contributed by atoms with E-state index in [1.165, 1.54) is 0 Å². The number of carbonyl (C=O) groups excluding carboxylic acids is 2. The molecule has 0 aliphatic carbocycles. The molecule has 1 heterocycles. The first kappa shape index (κ1) is 10.9. The summed E-state index contributed by atoms with van der Waals surface area (Å²) < 4.78 is 0. The molecule has 3 nitrogen and oxygen atoms in total. The van der Waals surface area contributed by atoms with Crippen molar-refractivity contribution < 1.29 is 9.59 Å². The second-order valence-corrected chi connectivity index (χ2v) is 4.15. The van der Waals surface area contributed by atoms with Crippen molar-refractivity contribution >= 4 is 23.4 Å². The number of benzene rings is 1. The van der Waals surface area contributed by atoms with Crippen LogP contribution in [0.1, 0.15) is 17.9 Å². The van der Waals surface area contributed by atoms with Crippen LogP contribution in [0, 0.1) is 0 Å². The molecule has 1 aliphatic rings. The SMILES string of the molecule is C=C1C(=O)NC(=O)CC1c1ccc(Cl)cc1. The number of nitrogens with one attached hydrogen (secondary N) is 1. The zero-order chi connectivity index (χ0) is 11.7. The van der Waals surface area contributed by atoms with Crippen LogP contribution in [0.5, 0.6) is 0 Å². The van der Waals surface area contributed by atoms with Crippen LogP contribution < -0.4 is 5.32 Å². The molecular weight excluding hydrogens is 226 g/mol. The molecule has 1 aromatic carbocycles. The molecule has 1 saturated heterocycles. The molecule has 0 saturated carbocycles. The zero-order valence-corrected chi connectivity index (χ0v) is 9.25. The summed E-state index contributed by atoms with van der Waals surface area (Å²) in [6.45, 7) is 3.71. The average Bonchev–Trinajstić information content (AvgIpc) is 2.25. The van der Waals surface area contributed by atoms with Crippen LogP contribution in [0.15, 0.2) is 36.4 Å². The van der Waals surface area contributed by atoms with Crippen molar-refractivity contribution in [2.75, 3.05) is 0 Å². The minimum absolute atomic E-state index is 0.237. The molecule has 1 aliphatic heterocycles. The topological polar surface area (TPSA) is 46.2 Å². The Balaban J connectivity index is 2.32. The summed E-state index contributed by atoms with van der Waals surface area (Å²) in [5, 5.41) is 2.86. The van der Waals surface area contributed by atoms with E-state index >= 15 is 0 Å². The van der Waals surface area contributed by atoms with Gasteiger partial charge in [-0.05, 0) is 17.7 Å². The third-order valence-electron chi connectivity index (χ3n) is 2.63. The molecule has 0 radical (unpaired) electrons. The highest BCUT2D eigenvalue weighted by Gasteiger charge is 2.29. The molecule has 16 heavy (non-hydrogen) atoms. The fraction of sp³-hybridized carbons (Fsp3) is 0.167. The molecule has 4 heteroatoms. The van der Waals surface area contributed by atoms with Crippen LogP contribution in [-0.2, 0) is 9.59 Å². The number of hydrogen-bond donors (Lipinski definition) is 1. The van der Waals surface area contributed by atoms with Crippen LogP contribution in [0.25, 0.3) is 0 Å². The molecule has 1 N–H and O–H groups in total. The third kappa shape index (κ3) is 1.99. The summed E-state index contributed by atoms with van der Waals surface area (Å²) in [4.78, 5) is 22.7. The second-order valence-electron chi connectivity index (χ2n) is 3.71. The molecule has 1 aromatic rings. The standard InChI is InChI=1S/C12H10ClNO2/c1-7-10(6-11(15)14-12(7)16)8-2-4-9(13)5-3-8/h2-5,10H,1,6H2,(H,14,15,16). The summed E-state index contributed by atoms with van der Waals surface area (Å²) in [6.07, 6.45) is 0.256. The fourth-order valence-corrected chi connectivity index (χ4v) is 1.86. The molecule has 2 amide bonds. The zero-order valence-electron chi connectivity index (χ0n) is 8.50. The monoisotopic (exact) mass is 235 g/mol. The van der Waals surface area contributed by atoms with Crippen molar-refractivity contribution in [1.82, 2.24) is 5.32 Å². The lowest BCUT2D eigenvalue weighted by atomic mass is 9.86. The smallest absolute Gasteiger partial charge is 0.253 e. The summed E-state index contributed by atoms with van der Waals surface area (Å²) >= 11 is 5.78. The highest BCUT2D eigenvalue weighted by atomic mass is 35.5. The predicted octanol–water partition coefficient (Wildman–Crippen LogP) is 2.03. The molecule has 1 unspecified atom stereocenters. The Morgan fingerprint density at radius 1 is 1.25 bits per heavy atom. The van der Waals surface area contributed by atoms with Gasteiger partial charge in [-0.2, -0.15) is 0 Å². The van der Waals surface area contributed by atoms with Crippen LogP contribution in [-0.4, -0.2) is 11.8 Å². The van der Waals surface area contributed by atoms with E-state index in [9.17, 15) is 9.59 Å². The lowest BCUT2D eigenvalue weighted by Gasteiger charge is -2.23.